The average molecular weight is 548 g/mol. The largest absolute Gasteiger partial charge is 0.379 e. The first-order valence-electron chi connectivity index (χ1n) is 12.3. The number of ether oxygens (including phenoxy) is 1. The van der Waals surface area contributed by atoms with Crippen molar-refractivity contribution in [1.29, 1.82) is 0 Å². The number of morpholine rings is 1. The molecule has 2 aromatic carbocycles. The molecule has 204 valence electrons. The highest BCUT2D eigenvalue weighted by Gasteiger charge is 2.44. The van der Waals surface area contributed by atoms with E-state index in [1.54, 1.807) is 5.48 Å². The number of nitrogens with zero attached hydrogens (tertiary/aromatic N) is 3. The van der Waals surface area contributed by atoms with E-state index in [9.17, 15) is 18.0 Å². The fourth-order valence-electron chi connectivity index (χ4n) is 4.46. The minimum Gasteiger partial charge on any atom is -0.379 e. The number of fused-ring (bicyclic) bond motifs is 1. The van der Waals surface area contributed by atoms with Gasteiger partial charge in [-0.15, -0.1) is 5.48 Å². The van der Waals surface area contributed by atoms with Crippen molar-refractivity contribution in [2.24, 2.45) is 0 Å². The molecule has 0 radical (unpaired) electrons. The van der Waals surface area contributed by atoms with Crippen LogP contribution in [0.1, 0.15) is 18.9 Å². The molecular formula is C26H32FN4O6S+. The van der Waals surface area contributed by atoms with E-state index < -0.39 is 31.9 Å². The van der Waals surface area contributed by atoms with E-state index in [0.29, 0.717) is 16.6 Å². The molecule has 38 heavy (non-hydrogen) atoms. The summed E-state index contributed by atoms with van der Waals surface area (Å²) in [5.74, 6) is -1.57. The summed E-state index contributed by atoms with van der Waals surface area (Å²) in [5.41, 5.74) is 3.49. The molecule has 1 saturated heterocycles. The number of amides is 1. The highest BCUT2D eigenvalue weighted by molar-refractivity contribution is 7.92. The van der Waals surface area contributed by atoms with Gasteiger partial charge in [-0.2, -0.15) is 0 Å². The van der Waals surface area contributed by atoms with Crippen LogP contribution < -0.4 is 11.0 Å². The lowest BCUT2D eigenvalue weighted by Crippen LogP contribution is -2.50. The Balaban J connectivity index is 1.54. The molecule has 10 nitrogen and oxygen atoms in total. The summed E-state index contributed by atoms with van der Waals surface area (Å²) >= 11 is 0. The van der Waals surface area contributed by atoms with Crippen LogP contribution in [0.4, 0.5) is 4.39 Å². The van der Waals surface area contributed by atoms with Crippen LogP contribution in [0, 0.1) is 5.82 Å². The Bertz CT molecular complexity index is 1490. The lowest BCUT2D eigenvalue weighted by molar-refractivity contribution is -0.131. The van der Waals surface area contributed by atoms with Crippen LogP contribution in [0.3, 0.4) is 0 Å². The predicted octanol–water partition coefficient (Wildman–Crippen LogP) is 1.03. The fourth-order valence-corrected chi connectivity index (χ4v) is 5.31. The average Bonchev–Trinajstić information content (AvgIpc) is 2.91. The summed E-state index contributed by atoms with van der Waals surface area (Å²) in [6.07, 6.45) is 2.77. The summed E-state index contributed by atoms with van der Waals surface area (Å²) in [4.78, 5) is 31.8. The molecule has 1 aliphatic heterocycles. The maximum absolute atomic E-state index is 15.1. The normalized spacial score (nSPS) is 16.3. The third kappa shape index (κ3) is 5.78. The van der Waals surface area contributed by atoms with Crippen molar-refractivity contribution in [1.82, 2.24) is 19.9 Å². The number of rotatable bonds is 9. The zero-order chi connectivity index (χ0) is 27.5. The second-order valence-corrected chi connectivity index (χ2v) is 12.1. The molecular weight excluding hydrogens is 515 g/mol. The minimum absolute atomic E-state index is 0.0434. The first-order valence-corrected chi connectivity index (χ1v) is 14.2. The lowest BCUT2D eigenvalue weighted by Gasteiger charge is -2.26. The molecule has 1 amide bonds. The Labute approximate surface area is 219 Å². The second-order valence-electron chi connectivity index (χ2n) is 9.70. The third-order valence-electron chi connectivity index (χ3n) is 7.24. The number of carbonyl (C=O) groups excluding carboxylic acids is 1. The number of hydroxylamine groups is 1. The van der Waals surface area contributed by atoms with E-state index in [2.05, 4.69) is 9.88 Å². The van der Waals surface area contributed by atoms with Crippen LogP contribution in [-0.4, -0.2) is 77.8 Å². The number of sulfone groups is 1. The smallest absolute Gasteiger partial charge is 0.304 e. The number of carbonyl (C=O) groups is 1. The highest BCUT2D eigenvalue weighted by Crippen LogP contribution is 2.27. The van der Waals surface area contributed by atoms with Crippen LogP contribution in [-0.2, 0) is 32.3 Å². The van der Waals surface area contributed by atoms with Gasteiger partial charge in [0.25, 0.3) is 5.56 Å². The van der Waals surface area contributed by atoms with Gasteiger partial charge in [0, 0.05) is 38.0 Å². The number of aromatic nitrogens is 2. The Morgan fingerprint density at radius 3 is 2.50 bits per heavy atom. The second kappa shape index (κ2) is 11.3. The zero-order valence-electron chi connectivity index (χ0n) is 21.4. The molecule has 1 aliphatic rings. The van der Waals surface area contributed by atoms with Crippen LogP contribution in [0.5, 0.6) is 0 Å². The van der Waals surface area contributed by atoms with E-state index in [1.807, 2.05) is 24.3 Å². The quantitative estimate of drug-likeness (QED) is 0.312. The molecule has 4 rings (SSSR count). The Morgan fingerprint density at radius 1 is 1.18 bits per heavy atom. The molecule has 0 spiro atoms. The molecule has 1 aromatic heterocycles. The van der Waals surface area contributed by atoms with Crippen molar-refractivity contribution in [2.45, 2.75) is 31.1 Å². The van der Waals surface area contributed by atoms with Crippen LogP contribution in [0.2, 0.25) is 0 Å². The van der Waals surface area contributed by atoms with Gasteiger partial charge in [0.2, 0.25) is 0 Å². The maximum Gasteiger partial charge on any atom is 0.304 e. The number of benzene rings is 2. The van der Waals surface area contributed by atoms with E-state index in [0.717, 1.165) is 61.7 Å². The number of halogens is 1. The molecule has 2 heterocycles. The highest BCUT2D eigenvalue weighted by atomic mass is 32.2. The number of aryl methyl sites for hydroxylation is 1. The molecule has 0 unspecified atom stereocenters. The molecule has 1 fully saturated rings. The summed E-state index contributed by atoms with van der Waals surface area (Å²) in [5, 5.41) is 7.12. The Kier molecular flexibility index (Phi) is 8.26. The van der Waals surface area contributed by atoms with Gasteiger partial charge in [-0.25, -0.2) is 17.8 Å². The fraction of sp³-hybridized carbons (Fsp3) is 0.423. The topological polar surface area (TPSA) is 134 Å². The SMILES string of the molecule is C[C@@](CCn1cnc2cc(-c3ccc(CCN4CCOCC4)cc3)c(F)cc2c1=O)(C(=O)N[OH2+])S(C)(=O)=O. The third-order valence-corrected chi connectivity index (χ3v) is 9.27. The Morgan fingerprint density at radius 2 is 1.87 bits per heavy atom. The maximum atomic E-state index is 15.1. The predicted molar refractivity (Wildman–Crippen MR) is 142 cm³/mol. The lowest BCUT2D eigenvalue weighted by atomic mass is 10.0. The van der Waals surface area contributed by atoms with E-state index >= 15 is 4.39 Å². The van der Waals surface area contributed by atoms with Gasteiger partial charge in [0.15, 0.2) is 14.6 Å². The monoisotopic (exact) mass is 547 g/mol. The van der Waals surface area contributed by atoms with E-state index in [4.69, 9.17) is 9.94 Å². The number of hydrogen-bond acceptors (Lipinski definition) is 7. The van der Waals surface area contributed by atoms with Gasteiger partial charge >= 0.3 is 5.91 Å². The summed E-state index contributed by atoms with van der Waals surface area (Å²) in [7, 11) is -3.89. The zero-order valence-corrected chi connectivity index (χ0v) is 22.2. The van der Waals surface area contributed by atoms with Crippen molar-refractivity contribution in [2.75, 3.05) is 39.1 Å². The molecule has 3 aromatic rings. The first kappa shape index (κ1) is 27.8. The van der Waals surface area contributed by atoms with Crippen LogP contribution >= 0.6 is 0 Å². The van der Waals surface area contributed by atoms with Crippen LogP contribution in [0.25, 0.3) is 22.0 Å². The van der Waals surface area contributed by atoms with Gasteiger partial charge in [0.05, 0.1) is 30.4 Å². The van der Waals surface area contributed by atoms with Crippen molar-refractivity contribution in [3.8, 4) is 11.1 Å². The van der Waals surface area contributed by atoms with Crippen LogP contribution in [0.15, 0.2) is 47.5 Å². The van der Waals surface area contributed by atoms with Crippen molar-refractivity contribution < 1.29 is 27.5 Å². The number of nitrogens with one attached hydrogen (secondary N) is 1. The van der Waals surface area contributed by atoms with Crippen molar-refractivity contribution >= 4 is 26.6 Å². The molecule has 1 atom stereocenters. The summed E-state index contributed by atoms with van der Waals surface area (Å²) in [6, 6.07) is 10.3. The first-order chi connectivity index (χ1) is 18.0. The molecule has 0 saturated carbocycles. The Hall–Kier alpha value is -3.19. The van der Waals surface area contributed by atoms with Gasteiger partial charge in [-0.05, 0) is 43.0 Å². The molecule has 0 bridgehead atoms. The summed E-state index contributed by atoms with van der Waals surface area (Å²) in [6.45, 7) is 5.32. The van der Waals surface area contributed by atoms with Crippen molar-refractivity contribution in [3.05, 3.63) is 64.5 Å². The molecule has 0 aliphatic carbocycles. The van der Waals surface area contributed by atoms with Gasteiger partial charge in [0.1, 0.15) is 5.82 Å². The standard InChI is InChI=1S/C26H31FN4O6S/c1-26(25(33)29-34,38(2,35)36)8-10-31-17-28-23-16-20(22(27)15-21(23)24(31)32)19-5-3-18(4-6-19)7-9-30-11-13-37-14-12-30/h3-6,15-17,34H,7-14H2,1-2H3,(H,29,33)/p+1/t26-/m1/s1. The van der Waals surface area contributed by atoms with Gasteiger partial charge in [-0.3, -0.25) is 19.1 Å². The summed E-state index contributed by atoms with van der Waals surface area (Å²) < 4.78 is 44.2. The van der Waals surface area contributed by atoms with E-state index in [-0.39, 0.29) is 18.4 Å². The van der Waals surface area contributed by atoms with E-state index in [1.165, 1.54) is 19.3 Å². The minimum atomic E-state index is -3.89. The van der Waals surface area contributed by atoms with Crippen molar-refractivity contribution in [3.63, 3.8) is 0 Å². The number of hydrogen-bond donors (Lipinski definition) is 1. The molecule has 3 N–H and O–H groups in total. The molecule has 12 heteroatoms. The van der Waals surface area contributed by atoms with Gasteiger partial charge in [-0.1, -0.05) is 24.3 Å². The van der Waals surface area contributed by atoms with Gasteiger partial charge < -0.3 is 9.94 Å².